The summed E-state index contributed by atoms with van der Waals surface area (Å²) in [7, 11) is 0. The molecule has 3 nitrogen and oxygen atoms in total. The van der Waals surface area contributed by atoms with Crippen LogP contribution in [0, 0.1) is 19.7 Å². The first-order valence-electron chi connectivity index (χ1n) is 7.55. The normalized spacial score (nSPS) is 10.3. The van der Waals surface area contributed by atoms with Gasteiger partial charge in [-0.3, -0.25) is 5.10 Å². The second kappa shape index (κ2) is 9.46. The Bertz CT molecular complexity index is 535. The number of hydrogen-bond acceptors (Lipinski definition) is 2. The summed E-state index contributed by atoms with van der Waals surface area (Å²) >= 11 is 0. The largest absolute Gasteiger partial charge is 0.494 e. The van der Waals surface area contributed by atoms with Crippen LogP contribution in [0.1, 0.15) is 42.6 Å². The molecule has 0 saturated heterocycles. The molecule has 22 heavy (non-hydrogen) atoms. The number of aromatic nitrogens is 2. The van der Waals surface area contributed by atoms with E-state index < -0.39 is 0 Å². The lowest BCUT2D eigenvalue weighted by atomic mass is 10.0. The van der Waals surface area contributed by atoms with Crippen molar-refractivity contribution in [3.8, 4) is 5.75 Å². The molecular weight excluding hydrogens is 303 g/mol. The van der Waals surface area contributed by atoms with Gasteiger partial charge in [-0.25, -0.2) is 4.39 Å². The van der Waals surface area contributed by atoms with E-state index in [1.54, 1.807) is 12.1 Å². The first-order chi connectivity index (χ1) is 10.2. The van der Waals surface area contributed by atoms with Crippen molar-refractivity contribution < 1.29 is 9.13 Å². The van der Waals surface area contributed by atoms with E-state index in [0.29, 0.717) is 6.61 Å². The number of rotatable bonds is 8. The van der Waals surface area contributed by atoms with Crippen LogP contribution in [0.4, 0.5) is 4.39 Å². The van der Waals surface area contributed by atoms with Crippen molar-refractivity contribution in [1.82, 2.24) is 10.2 Å². The third kappa shape index (κ3) is 5.68. The summed E-state index contributed by atoms with van der Waals surface area (Å²) in [5.74, 6) is 0.508. The molecule has 0 amide bonds. The molecule has 0 radical (unpaired) electrons. The number of nitrogens with one attached hydrogen (secondary N) is 1. The molecule has 0 atom stereocenters. The number of aromatic amines is 1. The van der Waals surface area contributed by atoms with E-state index in [0.717, 1.165) is 30.7 Å². The zero-order chi connectivity index (χ0) is 15.1. The Balaban J connectivity index is 0.00000242. The van der Waals surface area contributed by atoms with E-state index in [1.807, 2.05) is 0 Å². The summed E-state index contributed by atoms with van der Waals surface area (Å²) in [6, 6.07) is 6.18. The van der Waals surface area contributed by atoms with Gasteiger partial charge in [0.05, 0.1) is 12.3 Å². The van der Waals surface area contributed by atoms with Gasteiger partial charge in [0.2, 0.25) is 0 Å². The molecule has 1 heterocycles. The Labute approximate surface area is 137 Å². The van der Waals surface area contributed by atoms with E-state index in [4.69, 9.17) is 4.74 Å². The van der Waals surface area contributed by atoms with Crippen molar-refractivity contribution in [3.05, 3.63) is 47.0 Å². The predicted molar refractivity (Wildman–Crippen MR) is 89.4 cm³/mol. The minimum Gasteiger partial charge on any atom is -0.494 e. The van der Waals surface area contributed by atoms with E-state index in [1.165, 1.54) is 36.2 Å². The van der Waals surface area contributed by atoms with Crippen LogP contribution in [0.5, 0.6) is 5.75 Å². The van der Waals surface area contributed by atoms with E-state index >= 15 is 0 Å². The van der Waals surface area contributed by atoms with E-state index in [9.17, 15) is 4.39 Å². The molecule has 2 aromatic rings. The fourth-order valence-corrected chi connectivity index (χ4v) is 2.42. The summed E-state index contributed by atoms with van der Waals surface area (Å²) in [5, 5.41) is 7.24. The number of halogens is 2. The molecule has 1 N–H and O–H groups in total. The number of hydrogen-bond donors (Lipinski definition) is 1. The second-order valence-electron chi connectivity index (χ2n) is 5.38. The highest BCUT2D eigenvalue weighted by Gasteiger charge is 2.05. The van der Waals surface area contributed by atoms with E-state index in [-0.39, 0.29) is 18.2 Å². The van der Waals surface area contributed by atoms with Crippen LogP contribution in [0.25, 0.3) is 0 Å². The zero-order valence-corrected chi connectivity index (χ0v) is 14.0. The average molecular weight is 327 g/mol. The van der Waals surface area contributed by atoms with Gasteiger partial charge in [0, 0.05) is 5.69 Å². The highest BCUT2D eigenvalue weighted by atomic mass is 35.5. The fraction of sp³-hybridized carbons (Fsp3) is 0.471. The van der Waals surface area contributed by atoms with Gasteiger partial charge < -0.3 is 4.74 Å². The minimum atomic E-state index is -0.229. The van der Waals surface area contributed by atoms with Gasteiger partial charge in [-0.1, -0.05) is 12.8 Å². The SMILES string of the molecule is Cc1n[nH]c(C)c1CCCCCCOc1ccc(F)cc1.Cl. The number of ether oxygens (including phenoxy) is 1. The minimum absolute atomic E-state index is 0. The van der Waals surface area contributed by atoms with Crippen LogP contribution < -0.4 is 4.74 Å². The number of nitrogens with zero attached hydrogens (tertiary/aromatic N) is 1. The first kappa shape index (κ1) is 18.5. The summed E-state index contributed by atoms with van der Waals surface area (Å²) in [6.07, 6.45) is 5.64. The summed E-state index contributed by atoms with van der Waals surface area (Å²) in [4.78, 5) is 0. The van der Waals surface area contributed by atoms with Gasteiger partial charge in [0.15, 0.2) is 0 Å². The molecule has 122 valence electrons. The number of H-pyrrole nitrogens is 1. The van der Waals surface area contributed by atoms with Gasteiger partial charge in [0.1, 0.15) is 11.6 Å². The standard InChI is InChI=1S/C17H23FN2O.ClH/c1-13-17(14(2)20-19-13)7-5-3-4-6-12-21-16-10-8-15(18)9-11-16;/h8-11H,3-7,12H2,1-2H3,(H,19,20);1H. The van der Waals surface area contributed by atoms with E-state index in [2.05, 4.69) is 24.0 Å². The number of benzene rings is 1. The maximum absolute atomic E-state index is 12.7. The lowest BCUT2D eigenvalue weighted by Crippen LogP contribution is -1.97. The molecule has 0 aliphatic heterocycles. The maximum atomic E-state index is 12.7. The highest BCUT2D eigenvalue weighted by Crippen LogP contribution is 2.15. The Hall–Kier alpha value is -1.55. The van der Waals surface area contributed by atoms with Crippen molar-refractivity contribution in [3.63, 3.8) is 0 Å². The van der Waals surface area contributed by atoms with Crippen molar-refractivity contribution >= 4 is 12.4 Å². The summed E-state index contributed by atoms with van der Waals surface area (Å²) in [6.45, 7) is 4.82. The molecule has 5 heteroatoms. The van der Waals surface area contributed by atoms with Crippen molar-refractivity contribution in [2.24, 2.45) is 0 Å². The van der Waals surface area contributed by atoms with Crippen molar-refractivity contribution in [2.75, 3.05) is 6.61 Å². The smallest absolute Gasteiger partial charge is 0.123 e. The lowest BCUT2D eigenvalue weighted by molar-refractivity contribution is 0.304. The lowest BCUT2D eigenvalue weighted by Gasteiger charge is -2.06. The molecular formula is C17H24ClFN2O. The maximum Gasteiger partial charge on any atom is 0.123 e. The fourth-order valence-electron chi connectivity index (χ4n) is 2.42. The molecule has 0 saturated carbocycles. The number of aryl methyl sites for hydroxylation is 2. The van der Waals surface area contributed by atoms with Crippen molar-refractivity contribution in [2.45, 2.75) is 46.0 Å². The van der Waals surface area contributed by atoms with Gasteiger partial charge in [-0.15, -0.1) is 12.4 Å². The second-order valence-corrected chi connectivity index (χ2v) is 5.38. The van der Waals surface area contributed by atoms with Crippen LogP contribution >= 0.6 is 12.4 Å². The highest BCUT2D eigenvalue weighted by molar-refractivity contribution is 5.85. The summed E-state index contributed by atoms with van der Waals surface area (Å²) in [5.41, 5.74) is 3.66. The Kier molecular flexibility index (Phi) is 7.96. The van der Waals surface area contributed by atoms with Gasteiger partial charge >= 0.3 is 0 Å². The molecule has 1 aromatic carbocycles. The Morgan fingerprint density at radius 2 is 1.73 bits per heavy atom. The number of unbranched alkanes of at least 4 members (excludes halogenated alkanes) is 3. The van der Waals surface area contributed by atoms with Crippen molar-refractivity contribution in [1.29, 1.82) is 0 Å². The molecule has 0 aliphatic rings. The zero-order valence-electron chi connectivity index (χ0n) is 13.2. The van der Waals surface area contributed by atoms with Crippen LogP contribution in [0.2, 0.25) is 0 Å². The Morgan fingerprint density at radius 3 is 2.36 bits per heavy atom. The quantitative estimate of drug-likeness (QED) is 0.709. The van der Waals surface area contributed by atoms with Crippen LogP contribution in [0.15, 0.2) is 24.3 Å². The molecule has 0 fully saturated rings. The first-order valence-corrected chi connectivity index (χ1v) is 7.55. The van der Waals surface area contributed by atoms with Crippen LogP contribution in [-0.2, 0) is 6.42 Å². The third-order valence-electron chi connectivity index (χ3n) is 3.68. The molecule has 0 unspecified atom stereocenters. The molecule has 0 spiro atoms. The predicted octanol–water partition coefficient (Wildman–Crippen LogP) is 4.77. The topological polar surface area (TPSA) is 37.9 Å². The summed E-state index contributed by atoms with van der Waals surface area (Å²) < 4.78 is 18.3. The van der Waals surface area contributed by atoms with Crippen LogP contribution in [0.3, 0.4) is 0 Å². The molecule has 0 aliphatic carbocycles. The van der Waals surface area contributed by atoms with Crippen LogP contribution in [-0.4, -0.2) is 16.8 Å². The average Bonchev–Trinajstić information content (AvgIpc) is 2.79. The van der Waals surface area contributed by atoms with Gasteiger partial charge in [0.25, 0.3) is 0 Å². The monoisotopic (exact) mass is 326 g/mol. The molecule has 1 aromatic heterocycles. The van der Waals surface area contributed by atoms with Gasteiger partial charge in [-0.2, -0.15) is 5.10 Å². The Morgan fingerprint density at radius 1 is 1.05 bits per heavy atom. The third-order valence-corrected chi connectivity index (χ3v) is 3.68. The molecule has 0 bridgehead atoms. The van der Waals surface area contributed by atoms with Gasteiger partial charge in [-0.05, 0) is 62.9 Å². The molecule has 2 rings (SSSR count).